The van der Waals surface area contributed by atoms with Crippen LogP contribution in [0.15, 0.2) is 39.1 Å². The van der Waals surface area contributed by atoms with E-state index in [2.05, 4.69) is 9.97 Å². The smallest absolute Gasteiger partial charge is 0.231 e. The molecule has 2 nitrogen and oxygen atoms in total. The van der Waals surface area contributed by atoms with E-state index in [4.69, 9.17) is 0 Å². The van der Waals surface area contributed by atoms with Crippen molar-refractivity contribution in [1.29, 1.82) is 0 Å². The quantitative estimate of drug-likeness (QED) is 0.772. The highest BCUT2D eigenvalue weighted by molar-refractivity contribution is 8.01. The van der Waals surface area contributed by atoms with Crippen LogP contribution in [0.2, 0.25) is 0 Å². The topological polar surface area (TPSA) is 25.8 Å². The Balaban J connectivity index is 2.23. The lowest BCUT2D eigenvalue weighted by Crippen LogP contribution is -2.08. The normalized spacial score (nSPS) is 11.7. The number of halogens is 3. The SMILES string of the molecule is FC(F)(F)c1ccnc(Sc2cccs2)n1. The Kier molecular flexibility index (Phi) is 3.15. The fraction of sp³-hybridized carbons (Fsp3) is 0.111. The van der Waals surface area contributed by atoms with Crippen LogP contribution in [0.5, 0.6) is 0 Å². The van der Waals surface area contributed by atoms with Crippen LogP contribution in [0.3, 0.4) is 0 Å². The first kappa shape index (κ1) is 11.4. The third-order valence-electron chi connectivity index (χ3n) is 1.61. The lowest BCUT2D eigenvalue weighted by molar-refractivity contribution is -0.141. The van der Waals surface area contributed by atoms with Gasteiger partial charge in [-0.3, -0.25) is 0 Å². The number of hydrogen-bond acceptors (Lipinski definition) is 4. The summed E-state index contributed by atoms with van der Waals surface area (Å²) in [5.41, 5.74) is -0.915. The highest BCUT2D eigenvalue weighted by Crippen LogP contribution is 2.32. The Bertz CT molecular complexity index is 468. The van der Waals surface area contributed by atoms with E-state index in [-0.39, 0.29) is 5.16 Å². The summed E-state index contributed by atoms with van der Waals surface area (Å²) in [6.45, 7) is 0. The van der Waals surface area contributed by atoms with Crippen LogP contribution in [-0.2, 0) is 6.18 Å². The molecule has 0 spiro atoms. The monoisotopic (exact) mass is 262 g/mol. The average molecular weight is 262 g/mol. The second kappa shape index (κ2) is 4.42. The largest absolute Gasteiger partial charge is 0.433 e. The van der Waals surface area contributed by atoms with Crippen LogP contribution in [0.1, 0.15) is 5.69 Å². The molecule has 2 aromatic rings. The summed E-state index contributed by atoms with van der Waals surface area (Å²) in [4.78, 5) is 7.24. The molecular weight excluding hydrogens is 257 g/mol. The number of alkyl halides is 3. The molecule has 0 N–H and O–H groups in total. The Labute approximate surface area is 97.6 Å². The van der Waals surface area contributed by atoms with Crippen LogP contribution in [-0.4, -0.2) is 9.97 Å². The molecule has 0 unspecified atom stereocenters. The molecule has 2 aromatic heterocycles. The summed E-state index contributed by atoms with van der Waals surface area (Å²) >= 11 is 2.55. The maximum atomic E-state index is 12.3. The summed E-state index contributed by atoms with van der Waals surface area (Å²) in [5.74, 6) is 0. The molecule has 0 bridgehead atoms. The number of hydrogen-bond donors (Lipinski definition) is 0. The standard InChI is InChI=1S/C9H5F3N2S2/c10-9(11,12)6-3-4-13-8(14-6)16-7-2-1-5-15-7/h1-5H. The van der Waals surface area contributed by atoms with Crippen molar-refractivity contribution in [2.75, 3.05) is 0 Å². The zero-order valence-electron chi connectivity index (χ0n) is 7.73. The van der Waals surface area contributed by atoms with E-state index in [1.54, 1.807) is 6.07 Å². The van der Waals surface area contributed by atoms with Crippen LogP contribution in [0.25, 0.3) is 0 Å². The highest BCUT2D eigenvalue weighted by Gasteiger charge is 2.32. The molecule has 0 amide bonds. The molecule has 0 aliphatic carbocycles. The van der Waals surface area contributed by atoms with Gasteiger partial charge >= 0.3 is 6.18 Å². The molecule has 0 fully saturated rings. The first-order valence-electron chi connectivity index (χ1n) is 4.17. The molecular formula is C9H5F3N2S2. The second-order valence-corrected chi connectivity index (χ2v) is 4.97. The fourth-order valence-electron chi connectivity index (χ4n) is 0.959. The molecule has 0 aliphatic heterocycles. The number of nitrogens with zero attached hydrogens (tertiary/aromatic N) is 2. The van der Waals surface area contributed by atoms with E-state index in [9.17, 15) is 13.2 Å². The van der Waals surface area contributed by atoms with Gasteiger partial charge in [-0.05, 0) is 29.3 Å². The van der Waals surface area contributed by atoms with Crippen LogP contribution in [0.4, 0.5) is 13.2 Å². The molecule has 0 aliphatic rings. The zero-order chi connectivity index (χ0) is 11.6. The van der Waals surface area contributed by atoms with Gasteiger partial charge in [0.15, 0.2) is 5.16 Å². The number of aromatic nitrogens is 2. The van der Waals surface area contributed by atoms with Crippen molar-refractivity contribution in [3.05, 3.63) is 35.5 Å². The fourth-order valence-corrected chi connectivity index (χ4v) is 2.57. The van der Waals surface area contributed by atoms with Crippen LogP contribution < -0.4 is 0 Å². The van der Waals surface area contributed by atoms with E-state index < -0.39 is 11.9 Å². The van der Waals surface area contributed by atoms with Gasteiger partial charge in [0.2, 0.25) is 0 Å². The van der Waals surface area contributed by atoms with E-state index in [1.807, 2.05) is 11.4 Å². The highest BCUT2D eigenvalue weighted by atomic mass is 32.2. The van der Waals surface area contributed by atoms with Crippen molar-refractivity contribution in [3.8, 4) is 0 Å². The second-order valence-electron chi connectivity index (χ2n) is 2.76. The minimum Gasteiger partial charge on any atom is -0.231 e. The van der Waals surface area contributed by atoms with Crippen LogP contribution in [0, 0.1) is 0 Å². The van der Waals surface area contributed by atoms with Gasteiger partial charge in [0.05, 0.1) is 4.21 Å². The van der Waals surface area contributed by atoms with E-state index >= 15 is 0 Å². The predicted molar refractivity (Wildman–Crippen MR) is 55.5 cm³/mol. The Morgan fingerprint density at radius 1 is 1.25 bits per heavy atom. The van der Waals surface area contributed by atoms with Crippen LogP contribution >= 0.6 is 23.1 Å². The third-order valence-corrected chi connectivity index (χ3v) is 3.53. The summed E-state index contributed by atoms with van der Waals surface area (Å²) in [6.07, 6.45) is -3.31. The van der Waals surface area contributed by atoms with Crippen molar-refractivity contribution in [2.24, 2.45) is 0 Å². The summed E-state index contributed by atoms with van der Waals surface area (Å²) < 4.78 is 37.9. The lowest BCUT2D eigenvalue weighted by atomic mass is 10.4. The average Bonchev–Trinajstić information content (AvgIpc) is 2.70. The Morgan fingerprint density at radius 3 is 2.69 bits per heavy atom. The minimum absolute atomic E-state index is 0.109. The van der Waals surface area contributed by atoms with Gasteiger partial charge in [-0.2, -0.15) is 13.2 Å². The predicted octanol–water partition coefficient (Wildman–Crippen LogP) is 3.71. The third kappa shape index (κ3) is 2.73. The number of thiophene rings is 1. The van der Waals surface area contributed by atoms with Crippen molar-refractivity contribution < 1.29 is 13.2 Å². The molecule has 0 aromatic carbocycles. The molecule has 0 saturated carbocycles. The van der Waals surface area contributed by atoms with Gasteiger partial charge in [0, 0.05) is 6.20 Å². The maximum Gasteiger partial charge on any atom is 0.433 e. The van der Waals surface area contributed by atoms with E-state index in [1.165, 1.54) is 11.3 Å². The molecule has 16 heavy (non-hydrogen) atoms. The van der Waals surface area contributed by atoms with Crippen molar-refractivity contribution >= 4 is 23.1 Å². The van der Waals surface area contributed by atoms with Gasteiger partial charge in [0.25, 0.3) is 0 Å². The van der Waals surface area contributed by atoms with Gasteiger partial charge in [-0.15, -0.1) is 11.3 Å². The summed E-state index contributed by atoms with van der Waals surface area (Å²) in [6, 6.07) is 4.48. The molecule has 0 atom stereocenters. The van der Waals surface area contributed by atoms with E-state index in [0.717, 1.165) is 28.2 Å². The maximum absolute atomic E-state index is 12.3. The Hall–Kier alpha value is -1.08. The first-order valence-corrected chi connectivity index (χ1v) is 5.87. The van der Waals surface area contributed by atoms with Crippen molar-refractivity contribution in [1.82, 2.24) is 9.97 Å². The van der Waals surface area contributed by atoms with Gasteiger partial charge in [-0.25, -0.2) is 9.97 Å². The zero-order valence-corrected chi connectivity index (χ0v) is 9.36. The molecule has 2 rings (SSSR count). The van der Waals surface area contributed by atoms with E-state index in [0.29, 0.717) is 0 Å². The Morgan fingerprint density at radius 2 is 2.06 bits per heavy atom. The van der Waals surface area contributed by atoms with Gasteiger partial charge in [-0.1, -0.05) is 6.07 Å². The van der Waals surface area contributed by atoms with Crippen molar-refractivity contribution in [3.63, 3.8) is 0 Å². The van der Waals surface area contributed by atoms with Gasteiger partial charge in [0.1, 0.15) is 5.69 Å². The molecule has 84 valence electrons. The lowest BCUT2D eigenvalue weighted by Gasteiger charge is -2.05. The van der Waals surface area contributed by atoms with Crippen molar-refractivity contribution in [2.45, 2.75) is 15.5 Å². The number of rotatable bonds is 2. The summed E-state index contributed by atoms with van der Waals surface area (Å²) in [7, 11) is 0. The minimum atomic E-state index is -4.42. The summed E-state index contributed by atoms with van der Waals surface area (Å²) in [5, 5.41) is 1.95. The molecule has 2 heterocycles. The molecule has 0 saturated heterocycles. The molecule has 0 radical (unpaired) electrons. The van der Waals surface area contributed by atoms with Gasteiger partial charge < -0.3 is 0 Å². The molecule has 7 heteroatoms. The first-order chi connectivity index (χ1) is 7.55.